The zero-order valence-corrected chi connectivity index (χ0v) is 12.3. The number of rotatable bonds is 6. The van der Waals surface area contributed by atoms with Gasteiger partial charge in [0, 0.05) is 13.1 Å². The van der Waals surface area contributed by atoms with Gasteiger partial charge in [-0.1, -0.05) is 0 Å². The van der Waals surface area contributed by atoms with Crippen molar-refractivity contribution in [3.8, 4) is 6.01 Å². The lowest BCUT2D eigenvalue weighted by Crippen LogP contribution is -2.40. The molecule has 2 rings (SSSR count). The summed E-state index contributed by atoms with van der Waals surface area (Å²) >= 11 is 0. The van der Waals surface area contributed by atoms with Gasteiger partial charge in [-0.15, -0.1) is 0 Å². The molecule has 2 heterocycles. The van der Waals surface area contributed by atoms with Gasteiger partial charge in [0.15, 0.2) is 0 Å². The van der Waals surface area contributed by atoms with Gasteiger partial charge in [0.05, 0.1) is 6.61 Å². The average Bonchev–Trinajstić information content (AvgIpc) is 3.00. The van der Waals surface area contributed by atoms with E-state index in [-0.39, 0.29) is 23.8 Å². The van der Waals surface area contributed by atoms with Gasteiger partial charge in [-0.05, 0) is 26.7 Å². The number of aromatic nitrogens is 3. The van der Waals surface area contributed by atoms with E-state index in [2.05, 4.69) is 25.7 Å². The van der Waals surface area contributed by atoms with Crippen LogP contribution in [0.5, 0.6) is 6.01 Å². The molecule has 116 valence electrons. The summed E-state index contributed by atoms with van der Waals surface area (Å²) in [4.78, 5) is 26.2. The fraction of sp³-hybridized carbons (Fsp3) is 0.667. The largest absolute Gasteiger partial charge is 0.464 e. The van der Waals surface area contributed by atoms with Crippen molar-refractivity contribution in [2.24, 2.45) is 5.84 Å². The van der Waals surface area contributed by atoms with Crippen LogP contribution in [0, 0.1) is 0 Å². The highest BCUT2D eigenvalue weighted by Gasteiger charge is 2.24. The van der Waals surface area contributed by atoms with Crippen LogP contribution in [0.25, 0.3) is 0 Å². The van der Waals surface area contributed by atoms with E-state index in [1.807, 2.05) is 11.8 Å². The first-order valence-electron chi connectivity index (χ1n) is 7.05. The normalized spacial score (nSPS) is 15.7. The van der Waals surface area contributed by atoms with Gasteiger partial charge in [-0.25, -0.2) is 5.84 Å². The van der Waals surface area contributed by atoms with Gasteiger partial charge < -0.3 is 15.0 Å². The molecule has 1 aromatic rings. The molecule has 0 saturated carbocycles. The van der Waals surface area contributed by atoms with E-state index >= 15 is 0 Å². The minimum Gasteiger partial charge on any atom is -0.464 e. The molecule has 1 unspecified atom stereocenters. The lowest BCUT2D eigenvalue weighted by atomic mass is 10.3. The molecular formula is C12H21N7O2. The van der Waals surface area contributed by atoms with Crippen molar-refractivity contribution in [3.63, 3.8) is 0 Å². The Hall–Kier alpha value is -2.16. The van der Waals surface area contributed by atoms with Gasteiger partial charge in [0.1, 0.15) is 6.04 Å². The highest BCUT2D eigenvalue weighted by molar-refractivity contribution is 5.84. The Bertz CT molecular complexity index is 490. The SMILES string of the molecule is CCOc1nc(NN)nc(NC(C)C(=O)N2CCCC2)n1. The zero-order valence-electron chi connectivity index (χ0n) is 12.3. The Morgan fingerprint density at radius 3 is 2.62 bits per heavy atom. The number of ether oxygens (including phenoxy) is 1. The van der Waals surface area contributed by atoms with E-state index in [9.17, 15) is 4.79 Å². The summed E-state index contributed by atoms with van der Waals surface area (Å²) in [5.41, 5.74) is 2.35. The van der Waals surface area contributed by atoms with E-state index in [1.165, 1.54) is 0 Å². The van der Waals surface area contributed by atoms with Crippen LogP contribution >= 0.6 is 0 Å². The molecule has 0 spiro atoms. The molecule has 9 nitrogen and oxygen atoms in total. The lowest BCUT2D eigenvalue weighted by Gasteiger charge is -2.21. The molecule has 0 aliphatic carbocycles. The van der Waals surface area contributed by atoms with Crippen molar-refractivity contribution in [2.45, 2.75) is 32.7 Å². The molecule has 1 aliphatic heterocycles. The second-order valence-corrected chi connectivity index (χ2v) is 4.74. The van der Waals surface area contributed by atoms with Crippen molar-refractivity contribution in [3.05, 3.63) is 0 Å². The third-order valence-electron chi connectivity index (χ3n) is 3.15. The number of nitrogens with two attached hydrogens (primary N) is 1. The molecule has 21 heavy (non-hydrogen) atoms. The number of likely N-dealkylation sites (tertiary alicyclic amines) is 1. The van der Waals surface area contributed by atoms with Crippen LogP contribution in [0.2, 0.25) is 0 Å². The van der Waals surface area contributed by atoms with Crippen LogP contribution in [-0.2, 0) is 4.79 Å². The predicted octanol–water partition coefficient (Wildman–Crippen LogP) is -0.0213. The van der Waals surface area contributed by atoms with Gasteiger partial charge in [0.2, 0.25) is 17.8 Å². The molecule has 1 amide bonds. The van der Waals surface area contributed by atoms with E-state index in [1.54, 1.807) is 6.92 Å². The van der Waals surface area contributed by atoms with Crippen LogP contribution in [0.4, 0.5) is 11.9 Å². The van der Waals surface area contributed by atoms with Gasteiger partial charge in [0.25, 0.3) is 0 Å². The third-order valence-corrected chi connectivity index (χ3v) is 3.15. The van der Waals surface area contributed by atoms with Crippen LogP contribution < -0.4 is 21.3 Å². The van der Waals surface area contributed by atoms with E-state index in [4.69, 9.17) is 10.6 Å². The number of carbonyl (C=O) groups excluding carboxylic acids is 1. The molecule has 1 atom stereocenters. The highest BCUT2D eigenvalue weighted by atomic mass is 16.5. The molecule has 1 fully saturated rings. The Balaban J connectivity index is 2.06. The molecule has 0 bridgehead atoms. The minimum absolute atomic E-state index is 0.0353. The minimum atomic E-state index is -0.425. The number of anilines is 2. The van der Waals surface area contributed by atoms with Crippen LogP contribution in [-0.4, -0.2) is 51.5 Å². The highest BCUT2D eigenvalue weighted by Crippen LogP contribution is 2.14. The third kappa shape index (κ3) is 3.91. The van der Waals surface area contributed by atoms with Crippen molar-refractivity contribution >= 4 is 17.8 Å². The van der Waals surface area contributed by atoms with Gasteiger partial charge in [-0.3, -0.25) is 10.2 Å². The summed E-state index contributed by atoms with van der Waals surface area (Å²) in [6, 6.07) is -0.269. The molecule has 0 aromatic carbocycles. The summed E-state index contributed by atoms with van der Waals surface area (Å²) in [7, 11) is 0. The molecule has 1 aliphatic rings. The average molecular weight is 295 g/mol. The number of nitrogens with one attached hydrogen (secondary N) is 2. The number of amides is 1. The van der Waals surface area contributed by atoms with Crippen LogP contribution in [0.3, 0.4) is 0 Å². The maximum absolute atomic E-state index is 12.2. The summed E-state index contributed by atoms with van der Waals surface area (Å²) in [5, 5.41) is 2.96. The Kier molecular flexibility index (Phi) is 5.09. The number of nitrogens with zero attached hydrogens (tertiary/aromatic N) is 4. The fourth-order valence-electron chi connectivity index (χ4n) is 2.15. The Labute approximate surface area is 123 Å². The fourth-order valence-corrected chi connectivity index (χ4v) is 2.15. The summed E-state index contributed by atoms with van der Waals surface area (Å²) in [6.45, 7) is 5.64. The second-order valence-electron chi connectivity index (χ2n) is 4.74. The van der Waals surface area contributed by atoms with Gasteiger partial charge in [-0.2, -0.15) is 15.0 Å². The van der Waals surface area contributed by atoms with Crippen LogP contribution in [0.15, 0.2) is 0 Å². The maximum Gasteiger partial charge on any atom is 0.323 e. The number of hydrogen-bond donors (Lipinski definition) is 3. The van der Waals surface area contributed by atoms with Gasteiger partial charge >= 0.3 is 6.01 Å². The van der Waals surface area contributed by atoms with E-state index in [0.29, 0.717) is 6.61 Å². The molecule has 1 saturated heterocycles. The zero-order chi connectivity index (χ0) is 15.2. The van der Waals surface area contributed by atoms with Crippen LogP contribution in [0.1, 0.15) is 26.7 Å². The first kappa shape index (κ1) is 15.2. The van der Waals surface area contributed by atoms with Crippen molar-refractivity contribution in [2.75, 3.05) is 30.4 Å². The molecule has 1 aromatic heterocycles. The van der Waals surface area contributed by atoms with Crippen molar-refractivity contribution in [1.29, 1.82) is 0 Å². The number of hydrogen-bond acceptors (Lipinski definition) is 8. The summed E-state index contributed by atoms with van der Waals surface area (Å²) in [5.74, 6) is 5.78. The molecule has 0 radical (unpaired) electrons. The topological polar surface area (TPSA) is 118 Å². The monoisotopic (exact) mass is 295 g/mol. The first-order chi connectivity index (χ1) is 10.1. The predicted molar refractivity (Wildman–Crippen MR) is 77.7 cm³/mol. The maximum atomic E-state index is 12.2. The molecule has 9 heteroatoms. The smallest absolute Gasteiger partial charge is 0.323 e. The van der Waals surface area contributed by atoms with Crippen molar-refractivity contribution in [1.82, 2.24) is 19.9 Å². The van der Waals surface area contributed by atoms with E-state index < -0.39 is 6.04 Å². The quantitative estimate of drug-likeness (QED) is 0.495. The molecule has 4 N–H and O–H groups in total. The Morgan fingerprint density at radius 1 is 1.33 bits per heavy atom. The second kappa shape index (κ2) is 7.02. The summed E-state index contributed by atoms with van der Waals surface area (Å²) in [6.07, 6.45) is 2.11. The number of carbonyl (C=O) groups is 1. The Morgan fingerprint density at radius 2 is 2.00 bits per heavy atom. The number of nitrogen functional groups attached to an aromatic ring is 1. The van der Waals surface area contributed by atoms with Crippen molar-refractivity contribution < 1.29 is 9.53 Å². The van der Waals surface area contributed by atoms with E-state index in [0.717, 1.165) is 25.9 Å². The summed E-state index contributed by atoms with van der Waals surface area (Å²) < 4.78 is 5.24. The lowest BCUT2D eigenvalue weighted by molar-refractivity contribution is -0.130. The molecular weight excluding hydrogens is 274 g/mol. The first-order valence-corrected chi connectivity index (χ1v) is 7.05. The number of hydrazine groups is 1. The standard InChI is InChI=1S/C12H21N7O2/c1-3-21-12-16-10(15-11(17-12)18-13)14-8(2)9(20)19-6-4-5-7-19/h8H,3-7,13H2,1-2H3,(H2,14,15,16,17,18).